The molecule has 0 unspecified atom stereocenters. The molecule has 186 valence electrons. The summed E-state index contributed by atoms with van der Waals surface area (Å²) in [7, 11) is 0. The Morgan fingerprint density at radius 2 is 0.525 bits per heavy atom. The molecule has 0 heterocycles. The van der Waals surface area contributed by atoms with Crippen LogP contribution in [0.3, 0.4) is 0 Å². The maximum absolute atomic E-state index is 6.02. The van der Waals surface area contributed by atoms with Gasteiger partial charge >= 0.3 is 0 Å². The Balaban J connectivity index is 1.33. The van der Waals surface area contributed by atoms with Gasteiger partial charge in [0.25, 0.3) is 0 Å². The molecule has 0 aliphatic carbocycles. The zero-order valence-electron chi connectivity index (χ0n) is 21.7. The average molecular weight is 509 g/mol. The van der Waals surface area contributed by atoms with Gasteiger partial charge in [-0.15, -0.1) is 0 Å². The van der Waals surface area contributed by atoms with Crippen molar-refractivity contribution >= 4 is 11.4 Å². The molecule has 0 radical (unpaired) electrons. The van der Waals surface area contributed by atoms with Crippen molar-refractivity contribution in [2.75, 3.05) is 11.5 Å². The molecule has 0 saturated carbocycles. The van der Waals surface area contributed by atoms with Crippen molar-refractivity contribution in [3.63, 3.8) is 0 Å². The summed E-state index contributed by atoms with van der Waals surface area (Å²) < 4.78 is 0. The molecule has 0 aliphatic heterocycles. The molecule has 0 saturated heterocycles. The molecule has 40 heavy (non-hydrogen) atoms. The van der Waals surface area contributed by atoms with E-state index in [0.717, 1.165) is 44.5 Å². The van der Waals surface area contributed by atoms with Gasteiger partial charge in [0.1, 0.15) is 0 Å². The molecule has 0 aromatic heterocycles. The molecular formula is C38H24N2. The van der Waals surface area contributed by atoms with Gasteiger partial charge in [-0.25, -0.2) is 0 Å². The third kappa shape index (κ3) is 6.62. The van der Waals surface area contributed by atoms with E-state index in [1.54, 1.807) is 0 Å². The van der Waals surface area contributed by atoms with Crippen LogP contribution in [-0.4, -0.2) is 0 Å². The lowest BCUT2D eigenvalue weighted by atomic mass is 10.1. The summed E-state index contributed by atoms with van der Waals surface area (Å²) in [6.07, 6.45) is 0. The molecule has 0 fully saturated rings. The van der Waals surface area contributed by atoms with Crippen LogP contribution in [0.25, 0.3) is 0 Å². The quantitative estimate of drug-likeness (QED) is 0.187. The van der Waals surface area contributed by atoms with E-state index < -0.39 is 0 Å². The standard InChI is InChI=1S/C38H24N2/c39-37-15-7-5-13-35(37)27-25-33-11-3-1-9-31(33)23-21-29-17-19-30(20-18-29)22-24-32-10-2-4-12-34(32)26-28-36-14-6-8-16-38(36)40/h1-20H,39-40H2. The van der Waals surface area contributed by atoms with Crippen LogP contribution < -0.4 is 11.5 Å². The number of para-hydroxylation sites is 2. The highest BCUT2D eigenvalue weighted by Gasteiger charge is 1.99. The average Bonchev–Trinajstić information content (AvgIpc) is 2.99. The van der Waals surface area contributed by atoms with Crippen LogP contribution in [-0.2, 0) is 0 Å². The second-order valence-electron chi connectivity index (χ2n) is 8.84. The monoisotopic (exact) mass is 508 g/mol. The van der Waals surface area contributed by atoms with E-state index >= 15 is 0 Å². The van der Waals surface area contributed by atoms with E-state index in [0.29, 0.717) is 11.4 Å². The Hall–Kier alpha value is -6.06. The molecule has 5 aromatic carbocycles. The summed E-state index contributed by atoms with van der Waals surface area (Å²) in [4.78, 5) is 0. The number of nitrogen functional groups attached to an aromatic ring is 2. The van der Waals surface area contributed by atoms with E-state index in [4.69, 9.17) is 11.5 Å². The van der Waals surface area contributed by atoms with Crippen molar-refractivity contribution in [1.82, 2.24) is 0 Å². The van der Waals surface area contributed by atoms with Crippen LogP contribution >= 0.6 is 0 Å². The van der Waals surface area contributed by atoms with Gasteiger partial charge in [-0.3, -0.25) is 0 Å². The molecule has 0 bridgehead atoms. The lowest BCUT2D eigenvalue weighted by Gasteiger charge is -1.98. The highest BCUT2D eigenvalue weighted by Crippen LogP contribution is 2.13. The summed E-state index contributed by atoms with van der Waals surface area (Å²) in [5.41, 5.74) is 20.2. The zero-order valence-corrected chi connectivity index (χ0v) is 21.7. The molecule has 0 spiro atoms. The molecule has 2 heteroatoms. The van der Waals surface area contributed by atoms with Crippen molar-refractivity contribution in [3.05, 3.63) is 166 Å². The Kier molecular flexibility index (Phi) is 7.97. The topological polar surface area (TPSA) is 52.0 Å². The highest BCUT2D eigenvalue weighted by molar-refractivity contribution is 5.61. The third-order valence-corrected chi connectivity index (χ3v) is 6.01. The second-order valence-corrected chi connectivity index (χ2v) is 8.84. The summed E-state index contributed by atoms with van der Waals surface area (Å²) in [6, 6.07) is 38.8. The first-order valence-electron chi connectivity index (χ1n) is 12.7. The van der Waals surface area contributed by atoms with Crippen LogP contribution in [0.1, 0.15) is 44.5 Å². The lowest BCUT2D eigenvalue weighted by Crippen LogP contribution is -1.89. The van der Waals surface area contributed by atoms with Gasteiger partial charge < -0.3 is 11.5 Å². The summed E-state index contributed by atoms with van der Waals surface area (Å²) in [5, 5.41) is 0. The van der Waals surface area contributed by atoms with E-state index in [1.165, 1.54) is 0 Å². The fourth-order valence-corrected chi connectivity index (χ4v) is 3.81. The molecule has 5 aromatic rings. The minimum atomic E-state index is 0.663. The predicted octanol–water partition coefficient (Wildman–Crippen LogP) is 6.45. The largest absolute Gasteiger partial charge is 0.398 e. The number of hydrogen-bond acceptors (Lipinski definition) is 2. The first kappa shape index (κ1) is 25.6. The predicted molar refractivity (Wildman–Crippen MR) is 165 cm³/mol. The van der Waals surface area contributed by atoms with Crippen molar-refractivity contribution in [2.45, 2.75) is 0 Å². The third-order valence-electron chi connectivity index (χ3n) is 6.01. The lowest BCUT2D eigenvalue weighted by molar-refractivity contribution is 1.56. The number of nitrogens with two attached hydrogens (primary N) is 2. The second kappa shape index (κ2) is 12.5. The van der Waals surface area contributed by atoms with Crippen molar-refractivity contribution in [3.8, 4) is 47.4 Å². The number of anilines is 2. The zero-order chi connectivity index (χ0) is 27.6. The van der Waals surface area contributed by atoms with Gasteiger partial charge in [0.05, 0.1) is 0 Å². The minimum Gasteiger partial charge on any atom is -0.398 e. The van der Waals surface area contributed by atoms with Crippen LogP contribution in [0, 0.1) is 47.4 Å². The van der Waals surface area contributed by atoms with Gasteiger partial charge in [-0.05, 0) is 72.8 Å². The van der Waals surface area contributed by atoms with E-state index in [9.17, 15) is 0 Å². The molecule has 0 aliphatic rings. The maximum Gasteiger partial charge on any atom is 0.0478 e. The van der Waals surface area contributed by atoms with Gasteiger partial charge in [0.2, 0.25) is 0 Å². The Labute approximate surface area is 235 Å². The van der Waals surface area contributed by atoms with Crippen LogP contribution in [0.2, 0.25) is 0 Å². The highest BCUT2D eigenvalue weighted by atomic mass is 14.6. The number of hydrogen-bond donors (Lipinski definition) is 2. The van der Waals surface area contributed by atoms with Crippen LogP contribution in [0.15, 0.2) is 121 Å². The Morgan fingerprint density at radius 3 is 0.850 bits per heavy atom. The van der Waals surface area contributed by atoms with Gasteiger partial charge in [0.15, 0.2) is 0 Å². The molecule has 0 atom stereocenters. The van der Waals surface area contributed by atoms with E-state index in [-0.39, 0.29) is 0 Å². The Bertz CT molecular complexity index is 1790. The van der Waals surface area contributed by atoms with Crippen LogP contribution in [0.4, 0.5) is 11.4 Å². The minimum absolute atomic E-state index is 0.663. The fourth-order valence-electron chi connectivity index (χ4n) is 3.81. The number of rotatable bonds is 0. The molecular weight excluding hydrogens is 484 g/mol. The Morgan fingerprint density at radius 1 is 0.275 bits per heavy atom. The van der Waals surface area contributed by atoms with Crippen LogP contribution in [0.5, 0.6) is 0 Å². The van der Waals surface area contributed by atoms with Crippen molar-refractivity contribution < 1.29 is 0 Å². The van der Waals surface area contributed by atoms with Crippen molar-refractivity contribution in [2.24, 2.45) is 0 Å². The smallest absolute Gasteiger partial charge is 0.0478 e. The van der Waals surface area contributed by atoms with Gasteiger partial charge in [-0.1, -0.05) is 95.9 Å². The van der Waals surface area contributed by atoms with E-state index in [2.05, 4.69) is 47.4 Å². The molecule has 0 amide bonds. The molecule has 5 rings (SSSR count). The first-order chi connectivity index (χ1) is 19.7. The molecule has 4 N–H and O–H groups in total. The van der Waals surface area contributed by atoms with E-state index in [1.807, 2.05) is 121 Å². The fraction of sp³-hybridized carbons (Fsp3) is 0. The SMILES string of the molecule is Nc1ccccc1C#Cc1ccccc1C#Cc1ccc(C#Cc2ccccc2C#Cc2ccccc2N)cc1. The van der Waals surface area contributed by atoms with Gasteiger partial charge in [-0.2, -0.15) is 0 Å². The summed E-state index contributed by atoms with van der Waals surface area (Å²) >= 11 is 0. The van der Waals surface area contributed by atoms with Gasteiger partial charge in [0, 0.05) is 55.9 Å². The molecule has 2 nitrogen and oxygen atoms in total. The summed E-state index contributed by atoms with van der Waals surface area (Å²) in [5.74, 6) is 25.7. The first-order valence-corrected chi connectivity index (χ1v) is 12.7. The van der Waals surface area contributed by atoms with Crippen molar-refractivity contribution in [1.29, 1.82) is 0 Å². The maximum atomic E-state index is 6.02. The normalized spacial score (nSPS) is 9.40. The number of benzene rings is 5. The summed E-state index contributed by atoms with van der Waals surface area (Å²) in [6.45, 7) is 0.